The smallest absolute Gasteiger partial charge is 0.190 e. The van der Waals surface area contributed by atoms with E-state index < -0.39 is 0 Å². The van der Waals surface area contributed by atoms with E-state index in [9.17, 15) is 0 Å². The third kappa shape index (κ3) is 7.24. The van der Waals surface area contributed by atoms with E-state index in [1.165, 1.54) is 24.8 Å². The van der Waals surface area contributed by atoms with Gasteiger partial charge in [0.05, 0.1) is 7.11 Å². The van der Waals surface area contributed by atoms with Crippen LogP contribution in [-0.2, 0) is 6.54 Å². The highest BCUT2D eigenvalue weighted by atomic mass is 16.5. The van der Waals surface area contributed by atoms with Gasteiger partial charge in [-0.3, -0.25) is 9.89 Å². The van der Waals surface area contributed by atoms with Crippen molar-refractivity contribution in [2.24, 2.45) is 16.8 Å². The maximum Gasteiger partial charge on any atom is 0.190 e. The summed E-state index contributed by atoms with van der Waals surface area (Å²) in [6.45, 7) is 9.85. The van der Waals surface area contributed by atoms with Gasteiger partial charge in [-0.15, -0.1) is 0 Å². The molecule has 0 saturated carbocycles. The molecule has 0 aromatic heterocycles. The first-order chi connectivity index (χ1) is 12.6. The maximum absolute atomic E-state index is 5.23. The summed E-state index contributed by atoms with van der Waals surface area (Å²) >= 11 is 0. The molecule has 1 aromatic rings. The number of aliphatic imine (C=N–C) groups is 1. The highest BCUT2D eigenvalue weighted by Crippen LogP contribution is 2.19. The van der Waals surface area contributed by atoms with Crippen LogP contribution in [-0.4, -0.2) is 51.2 Å². The molecule has 1 fully saturated rings. The number of hydrogen-bond acceptors (Lipinski definition) is 3. The number of benzene rings is 1. The molecule has 1 aromatic carbocycles. The van der Waals surface area contributed by atoms with E-state index >= 15 is 0 Å². The normalized spacial score (nSPS) is 16.7. The van der Waals surface area contributed by atoms with Gasteiger partial charge in [-0.25, -0.2) is 0 Å². The number of hydrogen-bond donors (Lipinski definition) is 2. The van der Waals surface area contributed by atoms with Crippen molar-refractivity contribution >= 4 is 5.96 Å². The average molecular weight is 361 g/mol. The quantitative estimate of drug-likeness (QED) is 0.552. The molecule has 5 heteroatoms. The second kappa shape index (κ2) is 11.1. The lowest BCUT2D eigenvalue weighted by molar-refractivity contribution is 0.178. The Morgan fingerprint density at radius 3 is 2.46 bits per heavy atom. The lowest BCUT2D eigenvalue weighted by Gasteiger charge is -2.32. The predicted molar refractivity (Wildman–Crippen MR) is 110 cm³/mol. The summed E-state index contributed by atoms with van der Waals surface area (Å²) in [5, 5.41) is 6.91. The molecular weight excluding hydrogens is 324 g/mol. The summed E-state index contributed by atoms with van der Waals surface area (Å²) < 4.78 is 5.23. The first kappa shape index (κ1) is 20.6. The molecule has 0 spiro atoms. The largest absolute Gasteiger partial charge is 0.497 e. The summed E-state index contributed by atoms with van der Waals surface area (Å²) in [7, 11) is 3.56. The van der Waals surface area contributed by atoms with E-state index in [0.717, 1.165) is 56.3 Å². The van der Waals surface area contributed by atoms with Crippen LogP contribution >= 0.6 is 0 Å². The summed E-state index contributed by atoms with van der Waals surface area (Å²) in [6, 6.07) is 8.42. The average Bonchev–Trinajstić information content (AvgIpc) is 2.66. The maximum atomic E-state index is 5.23. The van der Waals surface area contributed by atoms with Gasteiger partial charge in [-0.2, -0.15) is 0 Å². The zero-order chi connectivity index (χ0) is 18.8. The Bertz CT molecular complexity index is 533. The van der Waals surface area contributed by atoms with Crippen molar-refractivity contribution in [1.29, 1.82) is 0 Å². The van der Waals surface area contributed by atoms with Gasteiger partial charge < -0.3 is 15.4 Å². The molecule has 1 saturated heterocycles. The zero-order valence-electron chi connectivity index (χ0n) is 16.9. The lowest BCUT2D eigenvalue weighted by atomic mass is 9.96. The number of nitrogens with zero attached hydrogens (tertiary/aromatic N) is 2. The van der Waals surface area contributed by atoms with E-state index in [1.807, 2.05) is 19.2 Å². The number of nitrogens with one attached hydrogen (secondary N) is 2. The van der Waals surface area contributed by atoms with Crippen LogP contribution in [0.4, 0.5) is 0 Å². The Morgan fingerprint density at radius 1 is 1.19 bits per heavy atom. The second-order valence-corrected chi connectivity index (χ2v) is 7.63. The van der Waals surface area contributed by atoms with Gasteiger partial charge in [0.25, 0.3) is 0 Å². The van der Waals surface area contributed by atoms with Gasteiger partial charge in [-0.1, -0.05) is 26.0 Å². The van der Waals surface area contributed by atoms with Crippen LogP contribution in [0.5, 0.6) is 5.75 Å². The van der Waals surface area contributed by atoms with Gasteiger partial charge in [0.1, 0.15) is 5.75 Å². The predicted octanol–water partition coefficient (Wildman–Crippen LogP) is 3.12. The fraction of sp³-hybridized carbons (Fsp3) is 0.667. The molecule has 0 atom stereocenters. The van der Waals surface area contributed by atoms with Crippen molar-refractivity contribution in [3.05, 3.63) is 29.8 Å². The SMILES string of the molecule is CN=C(NCCC(C)C)NCC1CCN(Cc2ccc(OC)cc2)CC1. The van der Waals surface area contributed by atoms with Crippen LogP contribution in [0.15, 0.2) is 29.3 Å². The molecule has 26 heavy (non-hydrogen) atoms. The molecule has 0 bridgehead atoms. The molecule has 0 unspecified atom stereocenters. The van der Waals surface area contributed by atoms with Crippen molar-refractivity contribution in [2.75, 3.05) is 40.3 Å². The van der Waals surface area contributed by atoms with Crippen molar-refractivity contribution in [3.8, 4) is 5.75 Å². The molecule has 5 nitrogen and oxygen atoms in total. The number of methoxy groups -OCH3 is 1. The van der Waals surface area contributed by atoms with Gasteiger partial charge in [0.2, 0.25) is 0 Å². The molecule has 1 heterocycles. The van der Waals surface area contributed by atoms with Gasteiger partial charge in [-0.05, 0) is 61.9 Å². The highest BCUT2D eigenvalue weighted by Gasteiger charge is 2.19. The summed E-state index contributed by atoms with van der Waals surface area (Å²) in [6.07, 6.45) is 3.66. The molecule has 1 aliphatic heterocycles. The van der Waals surface area contributed by atoms with Crippen LogP contribution in [0.3, 0.4) is 0 Å². The van der Waals surface area contributed by atoms with Crippen LogP contribution in [0, 0.1) is 11.8 Å². The van der Waals surface area contributed by atoms with E-state index in [4.69, 9.17) is 4.74 Å². The minimum atomic E-state index is 0.718. The first-order valence-corrected chi connectivity index (χ1v) is 9.90. The number of piperidine rings is 1. The monoisotopic (exact) mass is 360 g/mol. The van der Waals surface area contributed by atoms with E-state index in [-0.39, 0.29) is 0 Å². The van der Waals surface area contributed by atoms with E-state index in [0.29, 0.717) is 0 Å². The van der Waals surface area contributed by atoms with Gasteiger partial charge >= 0.3 is 0 Å². The van der Waals surface area contributed by atoms with E-state index in [2.05, 4.69) is 46.5 Å². The fourth-order valence-corrected chi connectivity index (χ4v) is 3.28. The summed E-state index contributed by atoms with van der Waals surface area (Å²) in [5.41, 5.74) is 1.36. The molecule has 2 rings (SSSR count). The first-order valence-electron chi connectivity index (χ1n) is 9.90. The van der Waals surface area contributed by atoms with Crippen LogP contribution in [0.2, 0.25) is 0 Å². The van der Waals surface area contributed by atoms with Crippen molar-refractivity contribution in [2.45, 2.75) is 39.7 Å². The molecule has 0 aliphatic carbocycles. The van der Waals surface area contributed by atoms with Gasteiger partial charge in [0.15, 0.2) is 5.96 Å². The Hall–Kier alpha value is -1.75. The Balaban J connectivity index is 1.65. The molecule has 0 amide bonds. The number of guanidine groups is 1. The molecule has 146 valence electrons. The summed E-state index contributed by atoms with van der Waals surface area (Å²) in [4.78, 5) is 6.88. The van der Waals surface area contributed by atoms with Crippen molar-refractivity contribution in [3.63, 3.8) is 0 Å². The minimum absolute atomic E-state index is 0.718. The highest BCUT2D eigenvalue weighted by molar-refractivity contribution is 5.79. The number of likely N-dealkylation sites (tertiary alicyclic amines) is 1. The van der Waals surface area contributed by atoms with Crippen molar-refractivity contribution in [1.82, 2.24) is 15.5 Å². The van der Waals surface area contributed by atoms with Crippen LogP contribution in [0.1, 0.15) is 38.7 Å². The lowest BCUT2D eigenvalue weighted by Crippen LogP contribution is -2.43. The topological polar surface area (TPSA) is 48.9 Å². The Labute approximate surface area is 159 Å². The molecular formula is C21H36N4O. The second-order valence-electron chi connectivity index (χ2n) is 7.63. The van der Waals surface area contributed by atoms with Crippen LogP contribution < -0.4 is 15.4 Å². The molecule has 1 aliphatic rings. The zero-order valence-corrected chi connectivity index (χ0v) is 16.9. The van der Waals surface area contributed by atoms with E-state index in [1.54, 1.807) is 7.11 Å². The minimum Gasteiger partial charge on any atom is -0.497 e. The van der Waals surface area contributed by atoms with Crippen molar-refractivity contribution < 1.29 is 4.74 Å². The summed E-state index contributed by atoms with van der Waals surface area (Å²) in [5.74, 6) is 3.31. The van der Waals surface area contributed by atoms with Gasteiger partial charge in [0, 0.05) is 26.7 Å². The number of ether oxygens (including phenoxy) is 1. The van der Waals surface area contributed by atoms with Crippen LogP contribution in [0.25, 0.3) is 0 Å². The Kier molecular flexibility index (Phi) is 8.75. The molecule has 0 radical (unpaired) electrons. The molecule has 2 N–H and O–H groups in total. The Morgan fingerprint density at radius 2 is 1.88 bits per heavy atom. The standard InChI is InChI=1S/C21H36N4O/c1-17(2)9-12-23-21(22-3)24-15-18-10-13-25(14-11-18)16-19-5-7-20(26-4)8-6-19/h5-8,17-18H,9-16H2,1-4H3,(H2,22,23,24). The third-order valence-corrected chi connectivity index (χ3v) is 5.07. The third-order valence-electron chi connectivity index (χ3n) is 5.07. The fourth-order valence-electron chi connectivity index (χ4n) is 3.28. The number of rotatable bonds is 8.